The zero-order valence-electron chi connectivity index (χ0n) is 11.1. The summed E-state index contributed by atoms with van der Waals surface area (Å²) in [6.07, 6.45) is 0. The third-order valence-electron chi connectivity index (χ3n) is 2.97. The number of halogens is 3. The first kappa shape index (κ1) is 14.2. The number of anilines is 1. The lowest BCUT2D eigenvalue weighted by Crippen LogP contribution is -2.10. The van der Waals surface area contributed by atoms with Crippen molar-refractivity contribution in [3.63, 3.8) is 0 Å². The summed E-state index contributed by atoms with van der Waals surface area (Å²) in [6.45, 7) is 1.66. The SMILES string of the molecule is COc1ccc(C(C)Nc2cc(F)ccc2F)c(F)c1. The second-order valence-corrected chi connectivity index (χ2v) is 4.38. The van der Waals surface area contributed by atoms with Crippen molar-refractivity contribution in [2.75, 3.05) is 12.4 Å². The van der Waals surface area contributed by atoms with Crippen LogP contribution >= 0.6 is 0 Å². The molecule has 0 aliphatic rings. The average Bonchev–Trinajstić information content (AvgIpc) is 2.42. The quantitative estimate of drug-likeness (QED) is 0.902. The first-order valence-electron chi connectivity index (χ1n) is 6.06. The summed E-state index contributed by atoms with van der Waals surface area (Å²) in [5.74, 6) is -1.22. The van der Waals surface area contributed by atoms with E-state index in [0.29, 0.717) is 11.3 Å². The van der Waals surface area contributed by atoms with Crippen molar-refractivity contribution >= 4 is 5.69 Å². The summed E-state index contributed by atoms with van der Waals surface area (Å²) >= 11 is 0. The van der Waals surface area contributed by atoms with Gasteiger partial charge in [0.15, 0.2) is 0 Å². The highest BCUT2D eigenvalue weighted by atomic mass is 19.1. The van der Waals surface area contributed by atoms with Crippen molar-refractivity contribution in [2.24, 2.45) is 0 Å². The molecule has 0 bridgehead atoms. The summed E-state index contributed by atoms with van der Waals surface area (Å²) in [7, 11) is 1.44. The Morgan fingerprint density at radius 3 is 2.40 bits per heavy atom. The molecule has 1 unspecified atom stereocenters. The van der Waals surface area contributed by atoms with Crippen LogP contribution in [0.1, 0.15) is 18.5 Å². The first-order valence-corrected chi connectivity index (χ1v) is 6.06. The summed E-state index contributed by atoms with van der Waals surface area (Å²) in [5.41, 5.74) is 0.335. The molecule has 0 aromatic heterocycles. The van der Waals surface area contributed by atoms with Gasteiger partial charge in [-0.25, -0.2) is 13.2 Å². The molecule has 0 radical (unpaired) electrons. The van der Waals surface area contributed by atoms with E-state index in [1.165, 1.54) is 13.2 Å². The van der Waals surface area contributed by atoms with Gasteiger partial charge in [0.05, 0.1) is 18.8 Å². The van der Waals surface area contributed by atoms with E-state index in [9.17, 15) is 13.2 Å². The van der Waals surface area contributed by atoms with Crippen molar-refractivity contribution in [3.8, 4) is 5.75 Å². The van der Waals surface area contributed by atoms with Crippen LogP contribution < -0.4 is 10.1 Å². The van der Waals surface area contributed by atoms with Crippen LogP contribution in [0, 0.1) is 17.5 Å². The van der Waals surface area contributed by atoms with Crippen LogP contribution in [0.15, 0.2) is 36.4 Å². The molecule has 2 aromatic rings. The van der Waals surface area contributed by atoms with Crippen LogP contribution in [0.5, 0.6) is 5.75 Å². The van der Waals surface area contributed by atoms with Crippen molar-refractivity contribution in [1.29, 1.82) is 0 Å². The molecule has 2 nitrogen and oxygen atoms in total. The van der Waals surface area contributed by atoms with Gasteiger partial charge in [-0.3, -0.25) is 0 Å². The van der Waals surface area contributed by atoms with Gasteiger partial charge >= 0.3 is 0 Å². The zero-order chi connectivity index (χ0) is 14.7. The van der Waals surface area contributed by atoms with Gasteiger partial charge < -0.3 is 10.1 Å². The molecule has 0 spiro atoms. The molecule has 5 heteroatoms. The molecule has 0 aliphatic carbocycles. The van der Waals surface area contributed by atoms with E-state index in [1.807, 2.05) is 0 Å². The smallest absolute Gasteiger partial charge is 0.146 e. The molecule has 2 aromatic carbocycles. The largest absolute Gasteiger partial charge is 0.497 e. The molecule has 0 aliphatic heterocycles. The Morgan fingerprint density at radius 2 is 1.75 bits per heavy atom. The van der Waals surface area contributed by atoms with Crippen LogP contribution in [0.4, 0.5) is 18.9 Å². The fraction of sp³-hybridized carbons (Fsp3) is 0.200. The maximum atomic E-state index is 13.9. The maximum Gasteiger partial charge on any atom is 0.146 e. The van der Waals surface area contributed by atoms with Gasteiger partial charge in [0, 0.05) is 11.6 Å². The molecule has 1 atom stereocenters. The molecule has 1 N–H and O–H groups in total. The molecular formula is C15H14F3NO. The Balaban J connectivity index is 2.23. The lowest BCUT2D eigenvalue weighted by molar-refractivity contribution is 0.410. The highest BCUT2D eigenvalue weighted by Crippen LogP contribution is 2.26. The van der Waals surface area contributed by atoms with Gasteiger partial charge in [-0.15, -0.1) is 0 Å². The van der Waals surface area contributed by atoms with Crippen LogP contribution in [-0.4, -0.2) is 7.11 Å². The lowest BCUT2D eigenvalue weighted by Gasteiger charge is -2.17. The molecular weight excluding hydrogens is 267 g/mol. The van der Waals surface area contributed by atoms with Crippen molar-refractivity contribution in [2.45, 2.75) is 13.0 Å². The Labute approximate surface area is 115 Å². The Kier molecular flexibility index (Phi) is 4.17. The van der Waals surface area contributed by atoms with E-state index < -0.39 is 23.5 Å². The first-order chi connectivity index (χ1) is 9.51. The Morgan fingerprint density at radius 1 is 1.00 bits per heavy atom. The minimum Gasteiger partial charge on any atom is -0.497 e. The molecule has 20 heavy (non-hydrogen) atoms. The lowest BCUT2D eigenvalue weighted by atomic mass is 10.1. The molecule has 0 fully saturated rings. The fourth-order valence-corrected chi connectivity index (χ4v) is 1.91. The van der Waals surface area contributed by atoms with E-state index in [-0.39, 0.29) is 5.69 Å². The predicted octanol–water partition coefficient (Wildman–Crippen LogP) is 4.29. The van der Waals surface area contributed by atoms with Crippen LogP contribution in [-0.2, 0) is 0 Å². The number of rotatable bonds is 4. The third kappa shape index (κ3) is 3.04. The molecule has 106 valence electrons. The highest BCUT2D eigenvalue weighted by molar-refractivity contribution is 5.47. The van der Waals surface area contributed by atoms with Gasteiger partial charge in [0.2, 0.25) is 0 Å². The van der Waals surface area contributed by atoms with Gasteiger partial charge in [-0.05, 0) is 31.2 Å². The molecule has 2 rings (SSSR count). The summed E-state index contributed by atoms with van der Waals surface area (Å²) in [4.78, 5) is 0. The summed E-state index contributed by atoms with van der Waals surface area (Å²) < 4.78 is 45.4. The van der Waals surface area contributed by atoms with E-state index in [0.717, 1.165) is 18.2 Å². The highest BCUT2D eigenvalue weighted by Gasteiger charge is 2.14. The van der Waals surface area contributed by atoms with E-state index >= 15 is 0 Å². The second kappa shape index (κ2) is 5.86. The predicted molar refractivity (Wildman–Crippen MR) is 71.3 cm³/mol. The minimum atomic E-state index is -0.591. The number of methoxy groups -OCH3 is 1. The zero-order valence-corrected chi connectivity index (χ0v) is 11.1. The third-order valence-corrected chi connectivity index (χ3v) is 2.97. The van der Waals surface area contributed by atoms with Gasteiger partial charge in [-0.2, -0.15) is 0 Å². The number of hydrogen-bond donors (Lipinski definition) is 1. The van der Waals surface area contributed by atoms with Crippen LogP contribution in [0.3, 0.4) is 0 Å². The van der Waals surface area contributed by atoms with Crippen molar-refractivity contribution in [3.05, 3.63) is 59.4 Å². The Bertz CT molecular complexity index is 616. The van der Waals surface area contributed by atoms with Crippen molar-refractivity contribution in [1.82, 2.24) is 0 Å². The Hall–Kier alpha value is -2.17. The topological polar surface area (TPSA) is 21.3 Å². The number of nitrogens with one attached hydrogen (secondary N) is 1. The monoisotopic (exact) mass is 281 g/mol. The van der Waals surface area contributed by atoms with Gasteiger partial charge in [-0.1, -0.05) is 6.07 Å². The summed E-state index contributed by atoms with van der Waals surface area (Å²) in [5, 5.41) is 2.75. The maximum absolute atomic E-state index is 13.9. The molecule has 0 amide bonds. The molecule has 0 saturated heterocycles. The van der Waals surface area contributed by atoms with Gasteiger partial charge in [0.1, 0.15) is 23.2 Å². The van der Waals surface area contributed by atoms with Crippen LogP contribution in [0.25, 0.3) is 0 Å². The molecule has 0 heterocycles. The average molecular weight is 281 g/mol. The number of hydrogen-bond acceptors (Lipinski definition) is 2. The van der Waals surface area contributed by atoms with Crippen molar-refractivity contribution < 1.29 is 17.9 Å². The van der Waals surface area contributed by atoms with E-state index in [4.69, 9.17) is 4.74 Å². The normalized spacial score (nSPS) is 12.1. The standard InChI is InChI=1S/C15H14F3NO/c1-9(12-5-4-11(20-2)8-14(12)18)19-15-7-10(16)3-6-13(15)17/h3-9,19H,1-2H3. The van der Waals surface area contributed by atoms with Gasteiger partial charge in [0.25, 0.3) is 0 Å². The van der Waals surface area contributed by atoms with Crippen LogP contribution in [0.2, 0.25) is 0 Å². The van der Waals surface area contributed by atoms with E-state index in [2.05, 4.69) is 5.32 Å². The fourth-order valence-electron chi connectivity index (χ4n) is 1.91. The second-order valence-electron chi connectivity index (χ2n) is 4.38. The number of ether oxygens (including phenoxy) is 1. The number of benzene rings is 2. The molecule has 0 saturated carbocycles. The van der Waals surface area contributed by atoms with E-state index in [1.54, 1.807) is 19.1 Å². The summed E-state index contributed by atoms with van der Waals surface area (Å²) in [6, 6.07) is 6.97. The minimum absolute atomic E-state index is 0.00674.